The Morgan fingerprint density at radius 2 is 0.825 bits per heavy atom. The molecule has 6 nitrogen and oxygen atoms in total. The van der Waals surface area contributed by atoms with Crippen molar-refractivity contribution in [2.45, 2.75) is 0 Å². The molecule has 0 fully saturated rings. The van der Waals surface area contributed by atoms with Crippen LogP contribution in [0.25, 0.3) is 111 Å². The number of furan rings is 1. The number of hydrogen-bond donors (Lipinski definition) is 0. The van der Waals surface area contributed by atoms with Crippen LogP contribution in [0.2, 0.25) is 0 Å². The number of benzene rings is 8. The van der Waals surface area contributed by atoms with Gasteiger partial charge in [0, 0.05) is 49.1 Å². The van der Waals surface area contributed by atoms with Crippen LogP contribution < -0.4 is 0 Å². The highest BCUT2D eigenvalue weighted by Gasteiger charge is 2.23. The number of nitrogens with zero attached hydrogens (tertiary/aromatic N) is 5. The third-order valence-corrected chi connectivity index (χ3v) is 11.2. The summed E-state index contributed by atoms with van der Waals surface area (Å²) in [6.45, 7) is 0. The average Bonchev–Trinajstić information content (AvgIpc) is 3.94. The lowest BCUT2D eigenvalue weighted by Crippen LogP contribution is -2.07. The second-order valence-corrected chi connectivity index (χ2v) is 14.4. The first-order valence-electron chi connectivity index (χ1n) is 19.1. The predicted molar refractivity (Wildman–Crippen MR) is 232 cm³/mol. The van der Waals surface area contributed by atoms with Crippen molar-refractivity contribution < 1.29 is 4.42 Å². The van der Waals surface area contributed by atoms with E-state index in [-0.39, 0.29) is 0 Å². The van der Waals surface area contributed by atoms with E-state index in [2.05, 4.69) is 161 Å². The molecule has 0 atom stereocenters. The lowest BCUT2D eigenvalue weighted by atomic mass is 10.0. The second kappa shape index (κ2) is 12.3. The summed E-state index contributed by atoms with van der Waals surface area (Å²) in [7, 11) is 0. The Kier molecular flexibility index (Phi) is 6.83. The molecule has 12 aromatic rings. The topological polar surface area (TPSA) is 61.7 Å². The van der Waals surface area contributed by atoms with Crippen molar-refractivity contribution >= 4 is 65.6 Å². The fourth-order valence-corrected chi connectivity index (χ4v) is 8.58. The average molecular weight is 730 g/mol. The van der Waals surface area contributed by atoms with E-state index in [1.807, 2.05) is 36.4 Å². The Balaban J connectivity index is 1.09. The zero-order valence-corrected chi connectivity index (χ0v) is 30.5. The SMILES string of the molecule is c1ccc(-c2nc(-c3ccc(-c4ccc5c(c4)oc4ccccc45)cc3)nc(-n3c4ccccc4c4ccc5c6ccccc6n(-c6ccccc6)c5c43)n2)cc1. The first kappa shape index (κ1) is 31.5. The summed E-state index contributed by atoms with van der Waals surface area (Å²) < 4.78 is 10.8. The van der Waals surface area contributed by atoms with Gasteiger partial charge in [-0.25, -0.2) is 4.98 Å². The lowest BCUT2D eigenvalue weighted by Gasteiger charge is -2.13. The molecule has 0 saturated carbocycles. The molecule has 8 aromatic carbocycles. The molecule has 0 aliphatic rings. The van der Waals surface area contributed by atoms with E-state index >= 15 is 0 Å². The third-order valence-electron chi connectivity index (χ3n) is 11.2. The maximum absolute atomic E-state index is 6.22. The Morgan fingerprint density at radius 3 is 1.53 bits per heavy atom. The fourth-order valence-electron chi connectivity index (χ4n) is 8.58. The zero-order chi connectivity index (χ0) is 37.5. The van der Waals surface area contributed by atoms with Gasteiger partial charge in [-0.2, -0.15) is 9.97 Å². The van der Waals surface area contributed by atoms with E-state index in [1.54, 1.807) is 0 Å². The highest BCUT2D eigenvalue weighted by Crippen LogP contribution is 2.42. The van der Waals surface area contributed by atoms with Gasteiger partial charge in [-0.15, -0.1) is 0 Å². The minimum absolute atomic E-state index is 0.557. The van der Waals surface area contributed by atoms with Crippen LogP contribution in [0, 0.1) is 0 Å². The van der Waals surface area contributed by atoms with E-state index in [4.69, 9.17) is 19.4 Å². The summed E-state index contributed by atoms with van der Waals surface area (Å²) in [5, 5.41) is 6.86. The van der Waals surface area contributed by atoms with E-state index < -0.39 is 0 Å². The molecule has 0 N–H and O–H groups in total. The summed E-state index contributed by atoms with van der Waals surface area (Å²) >= 11 is 0. The smallest absolute Gasteiger partial charge is 0.238 e. The van der Waals surface area contributed by atoms with Crippen molar-refractivity contribution in [3.8, 4) is 45.5 Å². The highest BCUT2D eigenvalue weighted by atomic mass is 16.3. The zero-order valence-electron chi connectivity index (χ0n) is 30.5. The molecule has 0 bridgehead atoms. The van der Waals surface area contributed by atoms with Gasteiger partial charge in [0.2, 0.25) is 5.95 Å². The molecule has 0 amide bonds. The summed E-state index contributed by atoms with van der Waals surface area (Å²) in [4.78, 5) is 15.7. The van der Waals surface area contributed by atoms with Crippen molar-refractivity contribution in [1.82, 2.24) is 24.1 Å². The van der Waals surface area contributed by atoms with Gasteiger partial charge in [-0.1, -0.05) is 146 Å². The van der Waals surface area contributed by atoms with Crippen LogP contribution in [0.15, 0.2) is 192 Å². The van der Waals surface area contributed by atoms with Crippen molar-refractivity contribution in [3.63, 3.8) is 0 Å². The van der Waals surface area contributed by atoms with Crippen LogP contribution in [0.3, 0.4) is 0 Å². The molecular formula is C51H31N5O. The molecule has 57 heavy (non-hydrogen) atoms. The van der Waals surface area contributed by atoms with E-state index in [0.717, 1.165) is 82.7 Å². The third kappa shape index (κ3) is 4.87. The summed E-state index contributed by atoms with van der Waals surface area (Å²) in [6, 6.07) is 65.5. The largest absolute Gasteiger partial charge is 0.456 e. The van der Waals surface area contributed by atoms with Crippen molar-refractivity contribution in [2.24, 2.45) is 0 Å². The Morgan fingerprint density at radius 1 is 0.333 bits per heavy atom. The number of hydrogen-bond acceptors (Lipinski definition) is 4. The van der Waals surface area contributed by atoms with Crippen LogP contribution in [0.1, 0.15) is 0 Å². The standard InChI is InChI=1S/C51H31N5O/c1-3-13-33(14-4-1)49-52-50(34-25-23-32(24-26-34)35-27-28-40-39-19-9-12-22-45(39)57-46(40)31-35)54-51(53-49)56-44-21-11-8-18-38(44)42-30-29-41-37-17-7-10-20-43(37)55(47(41)48(42)56)36-15-5-2-6-16-36/h1-31H. The number of fused-ring (bicyclic) bond motifs is 10. The molecular weight excluding hydrogens is 699 g/mol. The quantitative estimate of drug-likeness (QED) is 0.177. The Hall–Kier alpha value is -7.83. The van der Waals surface area contributed by atoms with Gasteiger partial charge in [-0.3, -0.25) is 4.57 Å². The van der Waals surface area contributed by atoms with Gasteiger partial charge >= 0.3 is 0 Å². The molecule has 0 radical (unpaired) electrons. The molecule has 0 unspecified atom stereocenters. The van der Waals surface area contributed by atoms with Crippen molar-refractivity contribution in [2.75, 3.05) is 0 Å². The van der Waals surface area contributed by atoms with Crippen LogP contribution in [0.4, 0.5) is 0 Å². The Bertz CT molecular complexity index is 3510. The molecule has 0 spiro atoms. The molecule has 12 rings (SSSR count). The van der Waals surface area contributed by atoms with Gasteiger partial charge in [-0.05, 0) is 53.6 Å². The lowest BCUT2D eigenvalue weighted by molar-refractivity contribution is 0.669. The van der Waals surface area contributed by atoms with Crippen LogP contribution in [-0.2, 0) is 0 Å². The summed E-state index contributed by atoms with van der Waals surface area (Å²) in [5.74, 6) is 1.76. The first-order valence-corrected chi connectivity index (χ1v) is 19.1. The maximum atomic E-state index is 6.22. The summed E-state index contributed by atoms with van der Waals surface area (Å²) in [6.07, 6.45) is 0. The van der Waals surface area contributed by atoms with Gasteiger partial charge in [0.1, 0.15) is 11.2 Å². The summed E-state index contributed by atoms with van der Waals surface area (Å²) in [5.41, 5.74) is 11.1. The van der Waals surface area contributed by atoms with Gasteiger partial charge in [0.05, 0.1) is 22.1 Å². The van der Waals surface area contributed by atoms with E-state index in [1.165, 1.54) is 10.8 Å². The minimum atomic E-state index is 0.557. The first-order chi connectivity index (χ1) is 28.3. The molecule has 0 aliphatic heterocycles. The highest BCUT2D eigenvalue weighted by molar-refractivity contribution is 6.23. The monoisotopic (exact) mass is 729 g/mol. The fraction of sp³-hybridized carbons (Fsp3) is 0. The van der Waals surface area contributed by atoms with Crippen molar-refractivity contribution in [3.05, 3.63) is 188 Å². The van der Waals surface area contributed by atoms with Crippen LogP contribution >= 0.6 is 0 Å². The van der Waals surface area contributed by atoms with Crippen molar-refractivity contribution in [1.29, 1.82) is 0 Å². The van der Waals surface area contributed by atoms with Crippen LogP contribution in [0.5, 0.6) is 0 Å². The Labute approximate surface area is 326 Å². The second-order valence-electron chi connectivity index (χ2n) is 14.4. The van der Waals surface area contributed by atoms with Gasteiger partial charge in [0.25, 0.3) is 0 Å². The molecule has 4 aromatic heterocycles. The predicted octanol–water partition coefficient (Wildman–Crippen LogP) is 13.0. The molecule has 0 saturated heterocycles. The maximum Gasteiger partial charge on any atom is 0.238 e. The van der Waals surface area contributed by atoms with Gasteiger partial charge < -0.3 is 8.98 Å². The van der Waals surface area contributed by atoms with Gasteiger partial charge in [0.15, 0.2) is 11.6 Å². The normalized spacial score (nSPS) is 11.9. The number of rotatable bonds is 5. The van der Waals surface area contributed by atoms with E-state index in [9.17, 15) is 0 Å². The molecule has 266 valence electrons. The minimum Gasteiger partial charge on any atom is -0.456 e. The number of para-hydroxylation sites is 4. The van der Waals surface area contributed by atoms with Crippen LogP contribution in [-0.4, -0.2) is 24.1 Å². The number of aromatic nitrogens is 5. The molecule has 0 aliphatic carbocycles. The molecule has 4 heterocycles. The molecule has 6 heteroatoms. The van der Waals surface area contributed by atoms with E-state index in [0.29, 0.717) is 17.6 Å².